The molecule has 1 aliphatic heterocycles. The molecule has 1 heterocycles. The van der Waals surface area contributed by atoms with E-state index in [0.717, 1.165) is 29.0 Å². The number of benzene rings is 1. The zero-order valence-electron chi connectivity index (χ0n) is 8.82. The first-order valence-corrected chi connectivity index (χ1v) is 7.29. The van der Waals surface area contributed by atoms with Crippen LogP contribution in [0.2, 0.25) is 0 Å². The molecule has 5 heteroatoms. The lowest BCUT2D eigenvalue weighted by atomic mass is 10.2. The lowest BCUT2D eigenvalue weighted by Crippen LogP contribution is -2.11. The molecule has 0 spiro atoms. The van der Waals surface area contributed by atoms with Gasteiger partial charge in [-0.15, -0.1) is 0 Å². The highest BCUT2D eigenvalue weighted by Crippen LogP contribution is 2.25. The first kappa shape index (κ1) is 12.1. The van der Waals surface area contributed by atoms with Crippen molar-refractivity contribution in [2.75, 3.05) is 24.7 Å². The monoisotopic (exact) mass is 303 g/mol. The molecule has 88 valence electrons. The van der Waals surface area contributed by atoms with Gasteiger partial charge in [0.2, 0.25) is 0 Å². The highest BCUT2D eigenvalue weighted by Gasteiger charge is 2.20. The zero-order valence-corrected chi connectivity index (χ0v) is 11.2. The zero-order chi connectivity index (χ0) is 11.5. The molecule has 0 radical (unpaired) electrons. The predicted octanol–water partition coefficient (Wildman–Crippen LogP) is 2.18. The summed E-state index contributed by atoms with van der Waals surface area (Å²) in [5.74, 6) is 1.09. The Labute approximate surface area is 106 Å². The Morgan fingerprint density at radius 2 is 2.38 bits per heavy atom. The van der Waals surface area contributed by atoms with Crippen molar-refractivity contribution in [3.8, 4) is 0 Å². The van der Waals surface area contributed by atoms with Crippen molar-refractivity contribution >= 4 is 32.4 Å². The minimum atomic E-state index is -0.976. The van der Waals surface area contributed by atoms with Crippen LogP contribution in [0.1, 0.15) is 6.42 Å². The van der Waals surface area contributed by atoms with Crippen LogP contribution in [0, 0.1) is 5.92 Å². The summed E-state index contributed by atoms with van der Waals surface area (Å²) in [5, 5.41) is 0. The Balaban J connectivity index is 2.08. The second kappa shape index (κ2) is 5.29. The lowest BCUT2D eigenvalue weighted by molar-refractivity contribution is 0.189. The molecule has 0 saturated carbocycles. The van der Waals surface area contributed by atoms with E-state index >= 15 is 0 Å². The normalized spacial score (nSPS) is 22.2. The summed E-state index contributed by atoms with van der Waals surface area (Å²) < 4.78 is 18.2. The van der Waals surface area contributed by atoms with E-state index in [-0.39, 0.29) is 0 Å². The molecule has 1 aromatic rings. The van der Waals surface area contributed by atoms with E-state index in [1.54, 1.807) is 12.1 Å². The standard InChI is InChI=1S/C11H14BrNO2S/c12-10-5-9(13)1-2-11(10)16(14)7-8-3-4-15-6-8/h1-2,5,8H,3-4,6-7,13H2. The van der Waals surface area contributed by atoms with Crippen LogP contribution in [0.4, 0.5) is 5.69 Å². The molecular weight excluding hydrogens is 290 g/mol. The molecule has 3 nitrogen and oxygen atoms in total. The molecule has 1 aliphatic rings. The number of nitrogen functional groups attached to an aromatic ring is 1. The molecule has 16 heavy (non-hydrogen) atoms. The van der Waals surface area contributed by atoms with Crippen LogP contribution in [0.15, 0.2) is 27.6 Å². The summed E-state index contributed by atoms with van der Waals surface area (Å²) in [6, 6.07) is 5.40. The van der Waals surface area contributed by atoms with Crippen LogP contribution in [-0.2, 0) is 15.5 Å². The van der Waals surface area contributed by atoms with Crippen LogP contribution in [-0.4, -0.2) is 23.2 Å². The fourth-order valence-corrected chi connectivity index (χ4v) is 4.03. The van der Waals surface area contributed by atoms with E-state index in [4.69, 9.17) is 10.5 Å². The predicted molar refractivity (Wildman–Crippen MR) is 68.8 cm³/mol. The van der Waals surface area contributed by atoms with Gasteiger partial charge in [0.1, 0.15) is 0 Å². The van der Waals surface area contributed by atoms with Gasteiger partial charge in [-0.1, -0.05) is 0 Å². The molecule has 2 rings (SSSR count). The summed E-state index contributed by atoms with van der Waals surface area (Å²) in [7, 11) is -0.976. The van der Waals surface area contributed by atoms with E-state index in [9.17, 15) is 4.21 Å². The van der Waals surface area contributed by atoms with Crippen LogP contribution < -0.4 is 5.73 Å². The van der Waals surface area contributed by atoms with Crippen LogP contribution >= 0.6 is 15.9 Å². The first-order valence-electron chi connectivity index (χ1n) is 5.18. The molecular formula is C11H14BrNO2S. The highest BCUT2D eigenvalue weighted by atomic mass is 79.9. The van der Waals surface area contributed by atoms with E-state index in [2.05, 4.69) is 15.9 Å². The van der Waals surface area contributed by atoms with Gasteiger partial charge in [-0.3, -0.25) is 4.21 Å². The average molecular weight is 304 g/mol. The number of nitrogens with two attached hydrogens (primary N) is 1. The Hall–Kier alpha value is -0.390. The third-order valence-electron chi connectivity index (χ3n) is 2.61. The van der Waals surface area contributed by atoms with Crippen molar-refractivity contribution in [1.82, 2.24) is 0 Å². The number of anilines is 1. The molecule has 0 bridgehead atoms. The van der Waals surface area contributed by atoms with Crippen LogP contribution in [0.5, 0.6) is 0 Å². The van der Waals surface area contributed by atoms with Gasteiger partial charge in [0.05, 0.1) is 22.3 Å². The number of hydrogen-bond donors (Lipinski definition) is 1. The summed E-state index contributed by atoms with van der Waals surface area (Å²) in [4.78, 5) is 0.820. The maximum atomic E-state index is 12.1. The van der Waals surface area contributed by atoms with Crippen molar-refractivity contribution in [2.45, 2.75) is 11.3 Å². The first-order chi connectivity index (χ1) is 7.66. The fraction of sp³-hybridized carbons (Fsp3) is 0.455. The van der Waals surface area contributed by atoms with Gasteiger partial charge in [0.15, 0.2) is 0 Å². The van der Waals surface area contributed by atoms with Crippen molar-refractivity contribution in [3.05, 3.63) is 22.7 Å². The van der Waals surface area contributed by atoms with Gasteiger partial charge >= 0.3 is 0 Å². The minimum absolute atomic E-state index is 0.422. The minimum Gasteiger partial charge on any atom is -0.399 e. The third kappa shape index (κ3) is 2.84. The van der Waals surface area contributed by atoms with E-state index in [1.165, 1.54) is 0 Å². The Bertz CT molecular complexity index is 405. The lowest BCUT2D eigenvalue weighted by Gasteiger charge is -2.09. The number of halogens is 1. The number of ether oxygens (including phenoxy) is 1. The van der Waals surface area contributed by atoms with Crippen molar-refractivity contribution in [2.24, 2.45) is 5.92 Å². The van der Waals surface area contributed by atoms with Crippen molar-refractivity contribution in [1.29, 1.82) is 0 Å². The highest BCUT2D eigenvalue weighted by molar-refractivity contribution is 9.10. The van der Waals surface area contributed by atoms with E-state index in [0.29, 0.717) is 17.4 Å². The molecule has 2 atom stereocenters. The number of rotatable bonds is 3. The second-order valence-electron chi connectivity index (χ2n) is 3.93. The topological polar surface area (TPSA) is 52.3 Å². The summed E-state index contributed by atoms with van der Waals surface area (Å²) in [5.41, 5.74) is 6.32. The average Bonchev–Trinajstić information content (AvgIpc) is 2.70. The van der Waals surface area contributed by atoms with Gasteiger partial charge in [0.25, 0.3) is 0 Å². The van der Waals surface area contributed by atoms with E-state index < -0.39 is 10.8 Å². The SMILES string of the molecule is Nc1ccc(S(=O)CC2CCOC2)c(Br)c1. The van der Waals surface area contributed by atoms with Gasteiger partial charge in [0, 0.05) is 22.5 Å². The van der Waals surface area contributed by atoms with Crippen molar-refractivity contribution in [3.63, 3.8) is 0 Å². The summed E-state index contributed by atoms with van der Waals surface area (Å²) >= 11 is 3.39. The van der Waals surface area contributed by atoms with Crippen LogP contribution in [0.25, 0.3) is 0 Å². The van der Waals surface area contributed by atoms with Crippen molar-refractivity contribution < 1.29 is 8.95 Å². The smallest absolute Gasteiger partial charge is 0.0544 e. The van der Waals surface area contributed by atoms with E-state index in [1.807, 2.05) is 6.07 Å². The molecule has 1 aromatic carbocycles. The van der Waals surface area contributed by atoms with Gasteiger partial charge in [-0.05, 0) is 46.5 Å². The largest absolute Gasteiger partial charge is 0.399 e. The molecule has 1 fully saturated rings. The molecule has 1 saturated heterocycles. The summed E-state index contributed by atoms with van der Waals surface area (Å²) in [6.07, 6.45) is 1.01. The molecule has 2 unspecified atom stereocenters. The van der Waals surface area contributed by atoms with Crippen LogP contribution in [0.3, 0.4) is 0 Å². The maximum Gasteiger partial charge on any atom is 0.0544 e. The Kier molecular flexibility index (Phi) is 4.00. The second-order valence-corrected chi connectivity index (χ2v) is 6.25. The molecule has 2 N–H and O–H groups in total. The Morgan fingerprint density at radius 1 is 1.56 bits per heavy atom. The maximum absolute atomic E-state index is 12.1. The third-order valence-corrected chi connectivity index (χ3v) is 5.15. The number of hydrogen-bond acceptors (Lipinski definition) is 3. The van der Waals surface area contributed by atoms with Gasteiger partial charge in [-0.25, -0.2) is 0 Å². The van der Waals surface area contributed by atoms with Gasteiger partial charge < -0.3 is 10.5 Å². The van der Waals surface area contributed by atoms with Gasteiger partial charge in [-0.2, -0.15) is 0 Å². The molecule has 0 amide bonds. The quantitative estimate of drug-likeness (QED) is 0.871. The summed E-state index contributed by atoms with van der Waals surface area (Å²) in [6.45, 7) is 1.53. The molecule has 0 aliphatic carbocycles. The Morgan fingerprint density at radius 3 is 3.00 bits per heavy atom. The molecule has 0 aromatic heterocycles. The fourth-order valence-electron chi connectivity index (χ4n) is 1.72.